The average molecular weight is 239 g/mol. The predicted octanol–water partition coefficient (Wildman–Crippen LogP) is -3.07. The second-order valence-electron chi connectivity index (χ2n) is 4.59. The van der Waals surface area contributed by atoms with Gasteiger partial charge < -0.3 is 26.9 Å². The van der Waals surface area contributed by atoms with Crippen LogP contribution in [-0.4, -0.2) is 68.3 Å². The molecule has 0 aromatic heterocycles. The molecule has 0 bridgehead atoms. The van der Waals surface area contributed by atoms with E-state index in [-0.39, 0.29) is 19.0 Å². The first kappa shape index (κ1) is 17.1. The van der Waals surface area contributed by atoms with Gasteiger partial charge in [-0.3, -0.25) is 4.79 Å². The zero-order valence-electron chi connectivity index (χ0n) is 9.95. The summed E-state index contributed by atoms with van der Waals surface area (Å²) >= 11 is 0. The number of quaternary nitrogens is 1. The Morgan fingerprint density at radius 1 is 1.20 bits per heavy atom. The molecule has 0 saturated heterocycles. The third-order valence-electron chi connectivity index (χ3n) is 2.03. The Hall–Kier alpha value is -0.320. The molecule has 0 heterocycles. The summed E-state index contributed by atoms with van der Waals surface area (Å²) in [5, 5.41) is 8.62. The summed E-state index contributed by atoms with van der Waals surface area (Å²) < 4.78 is 0.923. The van der Waals surface area contributed by atoms with Crippen molar-refractivity contribution >= 4 is 6.41 Å². The van der Waals surface area contributed by atoms with Gasteiger partial charge in [0.25, 0.3) is 0 Å². The van der Waals surface area contributed by atoms with Gasteiger partial charge in [0.1, 0.15) is 0 Å². The summed E-state index contributed by atoms with van der Waals surface area (Å²) in [7, 11) is 6.41. The van der Waals surface area contributed by atoms with E-state index in [1.165, 1.54) is 0 Å². The minimum Gasteiger partial charge on any atom is -1.00 e. The van der Waals surface area contributed by atoms with E-state index in [1.54, 1.807) is 4.90 Å². The quantitative estimate of drug-likeness (QED) is 0.360. The van der Waals surface area contributed by atoms with E-state index in [9.17, 15) is 4.79 Å². The highest BCUT2D eigenvalue weighted by molar-refractivity contribution is 5.46. The summed E-state index contributed by atoms with van der Waals surface area (Å²) in [4.78, 5) is 12.3. The van der Waals surface area contributed by atoms with Crippen molar-refractivity contribution in [2.24, 2.45) is 0 Å². The Kier molecular flexibility index (Phi) is 10.2. The Labute approximate surface area is 98.9 Å². The van der Waals surface area contributed by atoms with Crippen molar-refractivity contribution in [2.75, 3.05) is 47.4 Å². The van der Waals surface area contributed by atoms with Gasteiger partial charge in [-0.15, -0.1) is 0 Å². The van der Waals surface area contributed by atoms with Gasteiger partial charge in [0.2, 0.25) is 6.41 Å². The SMILES string of the molecule is C[N+](C)(C)CCCN(C=O)CCCO.[Cl-]. The zero-order valence-corrected chi connectivity index (χ0v) is 10.7. The fourth-order valence-electron chi connectivity index (χ4n) is 1.24. The van der Waals surface area contributed by atoms with Gasteiger partial charge in [-0.1, -0.05) is 0 Å². The zero-order chi connectivity index (χ0) is 11.0. The Morgan fingerprint density at radius 2 is 1.73 bits per heavy atom. The molecule has 0 unspecified atom stereocenters. The second kappa shape index (κ2) is 8.95. The van der Waals surface area contributed by atoms with Crippen LogP contribution < -0.4 is 12.4 Å². The van der Waals surface area contributed by atoms with Crippen molar-refractivity contribution in [1.82, 2.24) is 4.90 Å². The minimum absolute atomic E-state index is 0. The van der Waals surface area contributed by atoms with Crippen molar-refractivity contribution in [1.29, 1.82) is 0 Å². The van der Waals surface area contributed by atoms with Crippen LogP contribution in [0.15, 0.2) is 0 Å². The van der Waals surface area contributed by atoms with Gasteiger partial charge in [-0.25, -0.2) is 0 Å². The lowest BCUT2D eigenvalue weighted by Gasteiger charge is -2.25. The van der Waals surface area contributed by atoms with Crippen LogP contribution in [0.4, 0.5) is 0 Å². The van der Waals surface area contributed by atoms with Gasteiger partial charge >= 0.3 is 0 Å². The third-order valence-corrected chi connectivity index (χ3v) is 2.03. The van der Waals surface area contributed by atoms with Crippen molar-refractivity contribution in [2.45, 2.75) is 12.8 Å². The molecule has 0 spiro atoms. The molecule has 4 nitrogen and oxygen atoms in total. The standard InChI is InChI=1S/C10H23N2O2.ClH/c1-12(2,3)8-4-6-11(10-14)7-5-9-13;/h10,13H,4-9H2,1-3H3;1H/q+1;/p-1. The first-order valence-corrected chi connectivity index (χ1v) is 5.10. The summed E-state index contributed by atoms with van der Waals surface area (Å²) in [5.41, 5.74) is 0. The summed E-state index contributed by atoms with van der Waals surface area (Å²) in [6.45, 7) is 2.67. The van der Waals surface area contributed by atoms with Crippen LogP contribution in [-0.2, 0) is 4.79 Å². The maximum Gasteiger partial charge on any atom is 0.209 e. The van der Waals surface area contributed by atoms with Crippen molar-refractivity contribution in [3.8, 4) is 0 Å². The molecule has 1 amide bonds. The lowest BCUT2D eigenvalue weighted by atomic mass is 10.3. The number of aliphatic hydroxyl groups is 1. The minimum atomic E-state index is 0. The number of amides is 1. The van der Waals surface area contributed by atoms with E-state index in [4.69, 9.17) is 5.11 Å². The summed E-state index contributed by atoms with van der Waals surface area (Å²) in [6, 6.07) is 0. The highest BCUT2D eigenvalue weighted by Crippen LogP contribution is 1.96. The molecule has 0 aromatic carbocycles. The van der Waals surface area contributed by atoms with Gasteiger partial charge in [-0.05, 0) is 6.42 Å². The summed E-state index contributed by atoms with van der Waals surface area (Å²) in [5.74, 6) is 0. The molecule has 5 heteroatoms. The van der Waals surface area contributed by atoms with E-state index < -0.39 is 0 Å². The number of hydrogen-bond donors (Lipinski definition) is 1. The molecule has 0 rings (SSSR count). The van der Waals surface area contributed by atoms with E-state index in [0.29, 0.717) is 13.0 Å². The van der Waals surface area contributed by atoms with E-state index >= 15 is 0 Å². The van der Waals surface area contributed by atoms with Gasteiger partial charge in [0, 0.05) is 26.1 Å². The molecule has 15 heavy (non-hydrogen) atoms. The topological polar surface area (TPSA) is 40.5 Å². The number of hydrogen-bond acceptors (Lipinski definition) is 2. The number of carbonyl (C=O) groups excluding carboxylic acids is 1. The van der Waals surface area contributed by atoms with Crippen LogP contribution in [0.5, 0.6) is 0 Å². The van der Waals surface area contributed by atoms with E-state index in [2.05, 4.69) is 21.1 Å². The van der Waals surface area contributed by atoms with Crippen LogP contribution in [0.1, 0.15) is 12.8 Å². The van der Waals surface area contributed by atoms with E-state index in [1.807, 2.05) is 0 Å². The van der Waals surface area contributed by atoms with Crippen LogP contribution in [0.2, 0.25) is 0 Å². The first-order chi connectivity index (χ1) is 6.49. The second-order valence-corrected chi connectivity index (χ2v) is 4.59. The lowest BCUT2D eigenvalue weighted by molar-refractivity contribution is -0.870. The summed E-state index contributed by atoms with van der Waals surface area (Å²) in [6.07, 6.45) is 2.54. The van der Waals surface area contributed by atoms with Crippen molar-refractivity contribution < 1.29 is 26.8 Å². The fraction of sp³-hybridized carbons (Fsp3) is 0.900. The highest BCUT2D eigenvalue weighted by atomic mass is 35.5. The van der Waals surface area contributed by atoms with Gasteiger partial charge in [0.15, 0.2) is 0 Å². The average Bonchev–Trinajstić information content (AvgIpc) is 2.09. The molecule has 92 valence electrons. The van der Waals surface area contributed by atoms with Crippen LogP contribution in [0.25, 0.3) is 0 Å². The number of aliphatic hydroxyl groups excluding tert-OH is 1. The smallest absolute Gasteiger partial charge is 0.209 e. The highest BCUT2D eigenvalue weighted by Gasteiger charge is 2.07. The Morgan fingerprint density at radius 3 is 2.13 bits per heavy atom. The molecule has 0 aromatic rings. The van der Waals surface area contributed by atoms with E-state index in [0.717, 1.165) is 30.4 Å². The third kappa shape index (κ3) is 11.6. The normalized spacial score (nSPS) is 10.7. The molecule has 1 N–H and O–H groups in total. The molecular weight excluding hydrogens is 216 g/mol. The van der Waals surface area contributed by atoms with Gasteiger partial charge in [-0.2, -0.15) is 0 Å². The lowest BCUT2D eigenvalue weighted by Crippen LogP contribution is -3.00. The molecule has 0 aliphatic rings. The van der Waals surface area contributed by atoms with Crippen LogP contribution in [0.3, 0.4) is 0 Å². The Bertz CT molecular complexity index is 160. The monoisotopic (exact) mass is 238 g/mol. The maximum absolute atomic E-state index is 10.6. The number of nitrogens with zero attached hydrogens (tertiary/aromatic N) is 2. The number of halogens is 1. The molecule has 0 atom stereocenters. The van der Waals surface area contributed by atoms with Crippen molar-refractivity contribution in [3.05, 3.63) is 0 Å². The molecule has 0 fully saturated rings. The maximum atomic E-state index is 10.6. The molecule has 0 aliphatic carbocycles. The fourth-order valence-corrected chi connectivity index (χ4v) is 1.24. The first-order valence-electron chi connectivity index (χ1n) is 5.10. The van der Waals surface area contributed by atoms with Gasteiger partial charge in [0.05, 0.1) is 27.7 Å². The van der Waals surface area contributed by atoms with Crippen LogP contribution >= 0.6 is 0 Å². The largest absolute Gasteiger partial charge is 1.00 e. The van der Waals surface area contributed by atoms with Crippen LogP contribution in [0, 0.1) is 0 Å². The predicted molar refractivity (Wildman–Crippen MR) is 56.9 cm³/mol. The number of rotatable bonds is 8. The number of carbonyl (C=O) groups is 1. The van der Waals surface area contributed by atoms with Crippen molar-refractivity contribution in [3.63, 3.8) is 0 Å². The Balaban J connectivity index is 0. The molecule has 0 aliphatic heterocycles. The molecular formula is C10H23ClN2O2. The molecule has 0 saturated carbocycles. The molecule has 0 radical (unpaired) electrons.